The van der Waals surface area contributed by atoms with Crippen LogP contribution in [0.5, 0.6) is 0 Å². The molecule has 2 unspecified atom stereocenters. The molecule has 1 aliphatic carbocycles. The van der Waals surface area contributed by atoms with Gasteiger partial charge in [-0.15, -0.1) is 11.3 Å². The SMILES string of the molecule is CCCNCC1C(C)(C)C1(c1cccs1)C(C)C. The van der Waals surface area contributed by atoms with Crippen molar-refractivity contribution in [3.8, 4) is 0 Å². The fourth-order valence-electron chi connectivity index (χ4n) is 4.18. The topological polar surface area (TPSA) is 12.0 Å². The van der Waals surface area contributed by atoms with Crippen molar-refractivity contribution in [3.05, 3.63) is 22.4 Å². The zero-order valence-corrected chi connectivity index (χ0v) is 13.2. The van der Waals surface area contributed by atoms with Gasteiger partial charge in [0, 0.05) is 10.3 Å². The number of hydrogen-bond acceptors (Lipinski definition) is 2. The summed E-state index contributed by atoms with van der Waals surface area (Å²) in [5, 5.41) is 5.86. The van der Waals surface area contributed by atoms with E-state index in [2.05, 4.69) is 57.4 Å². The van der Waals surface area contributed by atoms with E-state index >= 15 is 0 Å². The van der Waals surface area contributed by atoms with Gasteiger partial charge in [-0.2, -0.15) is 0 Å². The largest absolute Gasteiger partial charge is 0.316 e. The predicted octanol–water partition coefficient (Wildman–Crippen LogP) is 4.30. The first-order valence-electron chi connectivity index (χ1n) is 7.24. The minimum atomic E-state index is 0.391. The van der Waals surface area contributed by atoms with Gasteiger partial charge < -0.3 is 5.32 Å². The van der Waals surface area contributed by atoms with Gasteiger partial charge in [0.15, 0.2) is 0 Å². The third kappa shape index (κ3) is 1.85. The third-order valence-corrected chi connectivity index (χ3v) is 6.04. The van der Waals surface area contributed by atoms with Gasteiger partial charge in [-0.25, -0.2) is 0 Å². The maximum atomic E-state index is 3.63. The molecular formula is C16H27NS. The van der Waals surface area contributed by atoms with E-state index in [1.165, 1.54) is 6.42 Å². The molecule has 1 heterocycles. The summed E-state index contributed by atoms with van der Waals surface area (Å²) in [5.41, 5.74) is 0.814. The summed E-state index contributed by atoms with van der Waals surface area (Å²) in [7, 11) is 0. The average molecular weight is 265 g/mol. The van der Waals surface area contributed by atoms with Crippen LogP contribution in [-0.2, 0) is 5.41 Å². The highest BCUT2D eigenvalue weighted by atomic mass is 32.1. The van der Waals surface area contributed by atoms with E-state index in [4.69, 9.17) is 0 Å². The number of hydrogen-bond donors (Lipinski definition) is 1. The van der Waals surface area contributed by atoms with Crippen LogP contribution in [0.25, 0.3) is 0 Å². The van der Waals surface area contributed by atoms with Crippen LogP contribution in [0.1, 0.15) is 45.9 Å². The molecule has 1 N–H and O–H groups in total. The Kier molecular flexibility index (Phi) is 3.89. The van der Waals surface area contributed by atoms with Gasteiger partial charge in [0.05, 0.1) is 0 Å². The van der Waals surface area contributed by atoms with Gasteiger partial charge in [-0.1, -0.05) is 40.7 Å². The average Bonchev–Trinajstić information content (AvgIpc) is 2.71. The Morgan fingerprint density at radius 2 is 2.11 bits per heavy atom. The Labute approximate surface area is 116 Å². The summed E-state index contributed by atoms with van der Waals surface area (Å²) >= 11 is 1.94. The second-order valence-electron chi connectivity index (χ2n) is 6.48. The van der Waals surface area contributed by atoms with Crippen molar-refractivity contribution in [2.75, 3.05) is 13.1 Å². The molecule has 2 heteroatoms. The monoisotopic (exact) mass is 265 g/mol. The van der Waals surface area contributed by atoms with Gasteiger partial charge in [0.25, 0.3) is 0 Å². The molecule has 102 valence electrons. The minimum Gasteiger partial charge on any atom is -0.316 e. The fraction of sp³-hybridized carbons (Fsp3) is 0.750. The molecule has 0 amide bonds. The molecule has 1 saturated carbocycles. The maximum Gasteiger partial charge on any atom is 0.0170 e. The lowest BCUT2D eigenvalue weighted by atomic mass is 9.83. The Bertz CT molecular complexity index is 380. The summed E-state index contributed by atoms with van der Waals surface area (Å²) < 4.78 is 0. The second kappa shape index (κ2) is 4.97. The number of thiophene rings is 1. The Morgan fingerprint density at radius 1 is 1.39 bits per heavy atom. The zero-order valence-electron chi connectivity index (χ0n) is 12.4. The molecule has 1 aromatic heterocycles. The van der Waals surface area contributed by atoms with E-state index in [9.17, 15) is 0 Å². The standard InChI is InChI=1S/C16H27NS/c1-6-9-17-11-13-15(4,5)16(13,12(2)3)14-8-7-10-18-14/h7-8,10,12-13,17H,6,9,11H2,1-5H3. The Hall–Kier alpha value is -0.340. The summed E-state index contributed by atoms with van der Waals surface area (Å²) in [6.07, 6.45) is 1.22. The molecule has 0 aromatic carbocycles. The molecule has 1 fully saturated rings. The Balaban J connectivity index is 2.21. The molecular weight excluding hydrogens is 238 g/mol. The highest BCUT2D eigenvalue weighted by Gasteiger charge is 2.72. The summed E-state index contributed by atoms with van der Waals surface area (Å²) in [6.45, 7) is 14.2. The highest BCUT2D eigenvalue weighted by Crippen LogP contribution is 2.73. The highest BCUT2D eigenvalue weighted by molar-refractivity contribution is 7.10. The van der Waals surface area contributed by atoms with Crippen LogP contribution < -0.4 is 5.32 Å². The van der Waals surface area contributed by atoms with Crippen LogP contribution in [0, 0.1) is 17.3 Å². The first kappa shape index (κ1) is 14.1. The van der Waals surface area contributed by atoms with Crippen molar-refractivity contribution in [2.45, 2.75) is 46.5 Å². The van der Waals surface area contributed by atoms with Crippen molar-refractivity contribution in [1.82, 2.24) is 5.32 Å². The number of nitrogens with one attached hydrogen (secondary N) is 1. The number of rotatable bonds is 6. The van der Waals surface area contributed by atoms with Gasteiger partial charge >= 0.3 is 0 Å². The van der Waals surface area contributed by atoms with Crippen LogP contribution in [0.3, 0.4) is 0 Å². The van der Waals surface area contributed by atoms with E-state index in [1.54, 1.807) is 4.88 Å². The lowest BCUT2D eigenvalue weighted by molar-refractivity contribution is 0.386. The molecule has 0 bridgehead atoms. The van der Waals surface area contributed by atoms with Gasteiger partial charge in [-0.05, 0) is 48.2 Å². The van der Waals surface area contributed by atoms with Crippen molar-refractivity contribution < 1.29 is 0 Å². The molecule has 0 saturated heterocycles. The molecule has 1 aromatic rings. The normalized spacial score (nSPS) is 29.8. The first-order valence-corrected chi connectivity index (χ1v) is 8.12. The van der Waals surface area contributed by atoms with E-state index < -0.39 is 0 Å². The van der Waals surface area contributed by atoms with E-state index in [-0.39, 0.29) is 0 Å². The quantitative estimate of drug-likeness (QED) is 0.756. The van der Waals surface area contributed by atoms with Crippen molar-refractivity contribution in [3.63, 3.8) is 0 Å². The first-order chi connectivity index (χ1) is 8.49. The molecule has 2 atom stereocenters. The van der Waals surface area contributed by atoms with Crippen molar-refractivity contribution in [1.29, 1.82) is 0 Å². The molecule has 0 radical (unpaired) electrons. The van der Waals surface area contributed by atoms with E-state index in [1.807, 2.05) is 11.3 Å². The van der Waals surface area contributed by atoms with Crippen LogP contribution in [-0.4, -0.2) is 13.1 Å². The van der Waals surface area contributed by atoms with E-state index in [0.717, 1.165) is 19.0 Å². The van der Waals surface area contributed by atoms with Gasteiger partial charge in [-0.3, -0.25) is 0 Å². The van der Waals surface area contributed by atoms with Crippen molar-refractivity contribution in [2.24, 2.45) is 17.3 Å². The van der Waals surface area contributed by atoms with E-state index in [0.29, 0.717) is 16.7 Å². The third-order valence-electron chi connectivity index (χ3n) is 5.02. The smallest absolute Gasteiger partial charge is 0.0170 e. The lowest BCUT2D eigenvalue weighted by Crippen LogP contribution is -2.25. The van der Waals surface area contributed by atoms with Crippen LogP contribution in [0.15, 0.2) is 17.5 Å². The molecule has 1 nitrogen and oxygen atoms in total. The van der Waals surface area contributed by atoms with Crippen LogP contribution >= 0.6 is 11.3 Å². The molecule has 1 aliphatic rings. The molecule has 0 spiro atoms. The van der Waals surface area contributed by atoms with Gasteiger partial charge in [0.2, 0.25) is 0 Å². The lowest BCUT2D eigenvalue weighted by Gasteiger charge is -2.24. The summed E-state index contributed by atoms with van der Waals surface area (Å²) in [6, 6.07) is 4.54. The summed E-state index contributed by atoms with van der Waals surface area (Å²) in [5.74, 6) is 1.48. The minimum absolute atomic E-state index is 0.391. The fourth-order valence-corrected chi connectivity index (χ4v) is 5.48. The second-order valence-corrected chi connectivity index (χ2v) is 7.43. The summed E-state index contributed by atoms with van der Waals surface area (Å²) in [4.78, 5) is 1.59. The zero-order chi connectivity index (χ0) is 13.4. The molecule has 18 heavy (non-hydrogen) atoms. The van der Waals surface area contributed by atoms with Gasteiger partial charge in [0.1, 0.15) is 0 Å². The predicted molar refractivity (Wildman–Crippen MR) is 81.3 cm³/mol. The van der Waals surface area contributed by atoms with Crippen LogP contribution in [0.4, 0.5) is 0 Å². The van der Waals surface area contributed by atoms with Crippen molar-refractivity contribution >= 4 is 11.3 Å². The maximum absolute atomic E-state index is 3.63. The molecule has 2 rings (SSSR count). The Morgan fingerprint density at radius 3 is 2.61 bits per heavy atom. The molecule has 0 aliphatic heterocycles. The van der Waals surface area contributed by atoms with Crippen LogP contribution in [0.2, 0.25) is 0 Å².